The van der Waals surface area contributed by atoms with Gasteiger partial charge in [0.2, 0.25) is 0 Å². The first-order valence-electron chi connectivity index (χ1n) is 6.00. The Bertz CT molecular complexity index is 555. The predicted octanol–water partition coefficient (Wildman–Crippen LogP) is 2.92. The van der Waals surface area contributed by atoms with Crippen molar-refractivity contribution in [3.05, 3.63) is 35.0 Å². The third-order valence-corrected chi connectivity index (χ3v) is 2.90. The monoisotopic (exact) mass is 230 g/mol. The Kier molecular flexibility index (Phi) is 3.18. The van der Waals surface area contributed by atoms with Gasteiger partial charge in [0.15, 0.2) is 0 Å². The minimum Gasteiger partial charge on any atom is -0.358 e. The lowest BCUT2D eigenvalue weighted by Gasteiger charge is -2.03. The number of H-pyrrole nitrogens is 1. The molecule has 0 fully saturated rings. The van der Waals surface area contributed by atoms with Gasteiger partial charge in [-0.1, -0.05) is 18.6 Å². The zero-order valence-electron chi connectivity index (χ0n) is 10.6. The molecule has 1 heterocycles. The van der Waals surface area contributed by atoms with Crippen molar-refractivity contribution in [1.29, 1.82) is 0 Å². The maximum absolute atomic E-state index is 12.1. The van der Waals surface area contributed by atoms with Gasteiger partial charge in [0.25, 0.3) is 5.91 Å². The van der Waals surface area contributed by atoms with Crippen LogP contribution in [0.1, 0.15) is 35.0 Å². The molecule has 0 bridgehead atoms. The molecular weight excluding hydrogens is 212 g/mol. The first kappa shape index (κ1) is 11.7. The largest absolute Gasteiger partial charge is 0.358 e. The van der Waals surface area contributed by atoms with Gasteiger partial charge in [-0.2, -0.15) is 0 Å². The number of fused-ring (bicyclic) bond motifs is 1. The maximum Gasteiger partial charge on any atom is 0.253 e. The van der Waals surface area contributed by atoms with Crippen LogP contribution in [-0.4, -0.2) is 17.4 Å². The number of rotatable bonds is 3. The van der Waals surface area contributed by atoms with Gasteiger partial charge in [0, 0.05) is 23.1 Å². The van der Waals surface area contributed by atoms with E-state index in [-0.39, 0.29) is 5.91 Å². The highest BCUT2D eigenvalue weighted by molar-refractivity contribution is 6.08. The van der Waals surface area contributed by atoms with Crippen LogP contribution in [0.15, 0.2) is 18.2 Å². The standard InChI is InChI=1S/C14H18N2O/c1-4-7-15-14(17)13-10(3)16-12-6-5-9(2)8-11(12)13/h5-6,8,16H,4,7H2,1-3H3,(H,15,17). The van der Waals surface area contributed by atoms with Crippen LogP contribution in [0.3, 0.4) is 0 Å². The second-order valence-corrected chi connectivity index (χ2v) is 4.43. The second-order valence-electron chi connectivity index (χ2n) is 4.43. The fourth-order valence-electron chi connectivity index (χ4n) is 2.06. The van der Waals surface area contributed by atoms with Gasteiger partial charge < -0.3 is 10.3 Å². The number of aromatic amines is 1. The van der Waals surface area contributed by atoms with E-state index in [1.807, 2.05) is 32.9 Å². The van der Waals surface area contributed by atoms with Crippen molar-refractivity contribution >= 4 is 16.8 Å². The molecule has 0 aliphatic heterocycles. The van der Waals surface area contributed by atoms with Crippen LogP contribution in [0.4, 0.5) is 0 Å². The number of nitrogens with one attached hydrogen (secondary N) is 2. The van der Waals surface area contributed by atoms with Crippen LogP contribution in [0.25, 0.3) is 10.9 Å². The van der Waals surface area contributed by atoms with Crippen molar-refractivity contribution in [2.24, 2.45) is 0 Å². The average Bonchev–Trinajstić information content (AvgIpc) is 2.61. The second kappa shape index (κ2) is 4.62. The summed E-state index contributed by atoms with van der Waals surface area (Å²) < 4.78 is 0. The third-order valence-electron chi connectivity index (χ3n) is 2.90. The summed E-state index contributed by atoms with van der Waals surface area (Å²) in [5, 5.41) is 3.94. The Labute approximate surface area is 101 Å². The Morgan fingerprint density at radius 2 is 2.12 bits per heavy atom. The van der Waals surface area contributed by atoms with Crippen LogP contribution in [0.2, 0.25) is 0 Å². The topological polar surface area (TPSA) is 44.9 Å². The Morgan fingerprint density at radius 3 is 2.82 bits per heavy atom. The smallest absolute Gasteiger partial charge is 0.253 e. The number of aryl methyl sites for hydroxylation is 2. The van der Waals surface area contributed by atoms with Crippen LogP contribution in [-0.2, 0) is 0 Å². The third kappa shape index (κ3) is 2.18. The summed E-state index contributed by atoms with van der Waals surface area (Å²) in [5.74, 6) is 0.0150. The summed E-state index contributed by atoms with van der Waals surface area (Å²) in [5.41, 5.74) is 3.90. The van der Waals surface area contributed by atoms with Gasteiger partial charge in [-0.05, 0) is 32.4 Å². The van der Waals surface area contributed by atoms with E-state index < -0.39 is 0 Å². The molecule has 2 rings (SSSR count). The molecule has 0 saturated carbocycles. The average molecular weight is 230 g/mol. The molecule has 1 amide bonds. The molecule has 0 atom stereocenters. The molecule has 1 aromatic carbocycles. The number of aromatic nitrogens is 1. The Balaban J connectivity index is 2.48. The molecule has 0 spiro atoms. The van der Waals surface area contributed by atoms with E-state index in [2.05, 4.69) is 16.4 Å². The van der Waals surface area contributed by atoms with Crippen LogP contribution in [0, 0.1) is 13.8 Å². The van der Waals surface area contributed by atoms with E-state index in [9.17, 15) is 4.79 Å². The van der Waals surface area contributed by atoms with E-state index in [1.165, 1.54) is 5.56 Å². The first-order chi connectivity index (χ1) is 8.13. The summed E-state index contributed by atoms with van der Waals surface area (Å²) in [4.78, 5) is 15.3. The normalized spacial score (nSPS) is 10.8. The van der Waals surface area contributed by atoms with Crippen molar-refractivity contribution in [2.45, 2.75) is 27.2 Å². The van der Waals surface area contributed by atoms with Gasteiger partial charge in [0.1, 0.15) is 0 Å². The highest BCUT2D eigenvalue weighted by atomic mass is 16.1. The molecular formula is C14H18N2O. The molecule has 90 valence electrons. The lowest BCUT2D eigenvalue weighted by Crippen LogP contribution is -2.24. The highest BCUT2D eigenvalue weighted by Crippen LogP contribution is 2.23. The van der Waals surface area contributed by atoms with E-state index in [4.69, 9.17) is 0 Å². The van der Waals surface area contributed by atoms with Crippen LogP contribution in [0.5, 0.6) is 0 Å². The number of amides is 1. The van der Waals surface area contributed by atoms with Crippen LogP contribution < -0.4 is 5.32 Å². The molecule has 0 unspecified atom stereocenters. The van der Waals surface area contributed by atoms with Crippen molar-refractivity contribution in [3.63, 3.8) is 0 Å². The molecule has 0 aliphatic rings. The highest BCUT2D eigenvalue weighted by Gasteiger charge is 2.15. The number of carbonyl (C=O) groups is 1. The first-order valence-corrected chi connectivity index (χ1v) is 6.00. The SMILES string of the molecule is CCCNC(=O)c1c(C)[nH]c2ccc(C)cc12. The molecule has 17 heavy (non-hydrogen) atoms. The number of hydrogen-bond acceptors (Lipinski definition) is 1. The quantitative estimate of drug-likeness (QED) is 0.836. The van der Waals surface area contributed by atoms with Crippen molar-refractivity contribution in [3.8, 4) is 0 Å². The van der Waals surface area contributed by atoms with Gasteiger partial charge in [0.05, 0.1) is 5.56 Å². The Hall–Kier alpha value is -1.77. The summed E-state index contributed by atoms with van der Waals surface area (Å²) >= 11 is 0. The van der Waals surface area contributed by atoms with Crippen molar-refractivity contribution < 1.29 is 4.79 Å². The molecule has 2 aromatic rings. The number of hydrogen-bond donors (Lipinski definition) is 2. The fourth-order valence-corrected chi connectivity index (χ4v) is 2.06. The summed E-state index contributed by atoms with van der Waals surface area (Å²) in [6, 6.07) is 6.12. The molecule has 3 heteroatoms. The molecule has 1 aromatic heterocycles. The zero-order valence-corrected chi connectivity index (χ0v) is 10.6. The van der Waals surface area contributed by atoms with E-state index in [1.54, 1.807) is 0 Å². The molecule has 3 nitrogen and oxygen atoms in total. The Morgan fingerprint density at radius 1 is 1.35 bits per heavy atom. The minimum atomic E-state index is 0.0150. The van der Waals surface area contributed by atoms with E-state index in [0.29, 0.717) is 0 Å². The van der Waals surface area contributed by atoms with E-state index >= 15 is 0 Å². The van der Waals surface area contributed by atoms with Gasteiger partial charge in [-0.3, -0.25) is 4.79 Å². The van der Waals surface area contributed by atoms with Gasteiger partial charge in [-0.25, -0.2) is 0 Å². The predicted molar refractivity (Wildman–Crippen MR) is 70.4 cm³/mol. The molecule has 0 saturated heterocycles. The molecule has 0 radical (unpaired) electrons. The van der Waals surface area contributed by atoms with Gasteiger partial charge in [-0.15, -0.1) is 0 Å². The fraction of sp³-hybridized carbons (Fsp3) is 0.357. The van der Waals surface area contributed by atoms with E-state index in [0.717, 1.165) is 35.1 Å². The summed E-state index contributed by atoms with van der Waals surface area (Å²) in [6.45, 7) is 6.75. The van der Waals surface area contributed by atoms with Gasteiger partial charge >= 0.3 is 0 Å². The minimum absolute atomic E-state index is 0.0150. The van der Waals surface area contributed by atoms with Crippen molar-refractivity contribution in [2.75, 3.05) is 6.54 Å². The molecule has 2 N–H and O–H groups in total. The zero-order chi connectivity index (χ0) is 12.4. The number of carbonyl (C=O) groups excluding carboxylic acids is 1. The maximum atomic E-state index is 12.1. The molecule has 0 aliphatic carbocycles. The van der Waals surface area contributed by atoms with Crippen LogP contribution >= 0.6 is 0 Å². The lowest BCUT2D eigenvalue weighted by molar-refractivity contribution is 0.0955. The van der Waals surface area contributed by atoms with Crippen molar-refractivity contribution in [1.82, 2.24) is 10.3 Å². The lowest BCUT2D eigenvalue weighted by atomic mass is 10.1. The summed E-state index contributed by atoms with van der Waals surface area (Å²) in [7, 11) is 0. The summed E-state index contributed by atoms with van der Waals surface area (Å²) in [6.07, 6.45) is 0.951. The number of benzene rings is 1.